The van der Waals surface area contributed by atoms with Gasteiger partial charge in [0.25, 0.3) is 11.8 Å². The number of aliphatic carboxylic acids is 1. The molecule has 0 unspecified atom stereocenters. The van der Waals surface area contributed by atoms with E-state index in [9.17, 15) is 38.3 Å². The molecule has 1 aromatic carbocycles. The number of rotatable bonds is 16. The van der Waals surface area contributed by atoms with E-state index in [1.54, 1.807) is 37.3 Å². The number of amides is 4. The lowest BCUT2D eigenvalue weighted by Crippen LogP contribution is -2.63. The summed E-state index contributed by atoms with van der Waals surface area (Å²) in [6.07, 6.45) is 0.0113. The maximum absolute atomic E-state index is 13.5. The smallest absolute Gasteiger partial charge is 0.481 e. The molecule has 1 saturated heterocycles. The highest BCUT2D eigenvalue weighted by molar-refractivity contribution is 5.97. The van der Waals surface area contributed by atoms with Crippen molar-refractivity contribution in [3.8, 4) is 11.6 Å². The molecule has 4 rings (SSSR count). The second-order valence-electron chi connectivity index (χ2n) is 11.3. The molecular formula is C31H40FN7O10. The van der Waals surface area contributed by atoms with Crippen molar-refractivity contribution in [2.75, 3.05) is 52.6 Å². The van der Waals surface area contributed by atoms with Crippen LogP contribution in [-0.4, -0.2) is 125 Å². The average molecular weight is 690 g/mol. The van der Waals surface area contributed by atoms with E-state index < -0.39 is 67.0 Å². The normalized spacial score (nSPS) is 16.0. The second kappa shape index (κ2) is 17.2. The van der Waals surface area contributed by atoms with Crippen LogP contribution in [0.4, 0.5) is 9.18 Å². The fourth-order valence-corrected chi connectivity index (χ4v) is 5.27. The summed E-state index contributed by atoms with van der Waals surface area (Å²) >= 11 is 0. The first-order chi connectivity index (χ1) is 23.5. The van der Waals surface area contributed by atoms with Gasteiger partial charge >= 0.3 is 12.1 Å². The average Bonchev–Trinajstić information content (AvgIpc) is 3.51. The summed E-state index contributed by atoms with van der Waals surface area (Å²) < 4.78 is 24.4. The van der Waals surface area contributed by atoms with Crippen molar-refractivity contribution >= 4 is 35.8 Å². The number of para-hydroxylation sites is 1. The van der Waals surface area contributed by atoms with Crippen LogP contribution in [0.1, 0.15) is 49.5 Å². The number of nitrogens with one attached hydrogen (secondary N) is 3. The van der Waals surface area contributed by atoms with Gasteiger partial charge in [-0.1, -0.05) is 18.2 Å². The predicted molar refractivity (Wildman–Crippen MR) is 167 cm³/mol. The molecule has 2 fully saturated rings. The Morgan fingerprint density at radius 1 is 1.06 bits per heavy atom. The summed E-state index contributed by atoms with van der Waals surface area (Å²) in [5.74, 6) is -3.57. The van der Waals surface area contributed by atoms with Crippen molar-refractivity contribution in [3.05, 3.63) is 42.1 Å². The number of carboxylic acid groups (broad SMARTS) is 1. The Morgan fingerprint density at radius 3 is 2.39 bits per heavy atom. The highest BCUT2D eigenvalue weighted by atomic mass is 19.1. The van der Waals surface area contributed by atoms with E-state index in [1.165, 1.54) is 20.7 Å². The summed E-state index contributed by atoms with van der Waals surface area (Å²) in [5.41, 5.74) is -0.848. The quantitative estimate of drug-likeness (QED) is 0.178. The second-order valence-corrected chi connectivity index (χ2v) is 11.3. The lowest BCUT2D eigenvalue weighted by molar-refractivity contribution is -0.157. The molecule has 0 bridgehead atoms. The van der Waals surface area contributed by atoms with E-state index in [1.807, 2.05) is 0 Å². The maximum Gasteiger partial charge on any atom is 0.527 e. The molecule has 0 radical (unpaired) electrons. The van der Waals surface area contributed by atoms with E-state index in [2.05, 4.69) is 21.0 Å². The van der Waals surface area contributed by atoms with E-state index >= 15 is 0 Å². The third-order valence-corrected chi connectivity index (χ3v) is 7.93. The topological polar surface area (TPSA) is 211 Å². The largest absolute Gasteiger partial charge is 0.527 e. The van der Waals surface area contributed by atoms with Gasteiger partial charge in [0.05, 0.1) is 25.4 Å². The van der Waals surface area contributed by atoms with Crippen molar-refractivity contribution in [1.29, 1.82) is 0 Å². The molecule has 2 aliphatic rings. The fourth-order valence-electron chi connectivity index (χ4n) is 5.27. The molecule has 1 atom stereocenters. The van der Waals surface area contributed by atoms with E-state index in [0.29, 0.717) is 24.9 Å². The summed E-state index contributed by atoms with van der Waals surface area (Å²) in [5, 5.41) is 22.7. The number of ether oxygens (including phenoxy) is 2. The van der Waals surface area contributed by atoms with Crippen molar-refractivity contribution < 1.29 is 52.6 Å². The molecule has 2 aromatic rings. The Labute approximate surface area is 281 Å². The molecule has 4 amide bonds. The Hall–Kier alpha value is -5.26. The standard InChI is InChI=1S/C31H40FN7O10/c1-2-47-30(46)49-38-17-15-37(16-18-38)28(44)22(9-10-26(41)42)34-27(43)23-19-25(39(36-23)21-7-4-3-5-8-21)48-20-24(40)35-31(11-6-12-31)29(45)33-14-13-32/h3-5,7-8,19,22H,2,6,9-18,20H2,1H3,(H,33,45)(H,34,43)(H,35,40)(H,41,42)/t22-/m0/s1. The minimum absolute atomic E-state index is 0.00201. The number of carbonyl (C=O) groups is 6. The third-order valence-electron chi connectivity index (χ3n) is 7.93. The number of carboxylic acids is 1. The van der Waals surface area contributed by atoms with Gasteiger partial charge in [-0.3, -0.25) is 24.0 Å². The molecule has 1 aliphatic carbocycles. The highest BCUT2D eigenvalue weighted by Gasteiger charge is 2.45. The number of hydroxylamine groups is 2. The molecule has 49 heavy (non-hydrogen) atoms. The van der Waals surface area contributed by atoms with E-state index in [-0.39, 0.29) is 57.3 Å². The molecule has 1 aromatic heterocycles. The van der Waals surface area contributed by atoms with Crippen LogP contribution < -0.4 is 20.7 Å². The summed E-state index contributed by atoms with van der Waals surface area (Å²) in [6.45, 7) is 0.945. The number of hydrogen-bond acceptors (Lipinski definition) is 11. The molecule has 1 saturated carbocycles. The number of piperazine rings is 1. The molecule has 1 aliphatic heterocycles. The van der Waals surface area contributed by atoms with Crippen LogP contribution in [-0.2, 0) is 28.8 Å². The lowest BCUT2D eigenvalue weighted by atomic mass is 9.76. The van der Waals surface area contributed by atoms with Gasteiger partial charge < -0.3 is 40.3 Å². The van der Waals surface area contributed by atoms with Gasteiger partial charge in [-0.25, -0.2) is 13.9 Å². The number of hydrogen-bond donors (Lipinski definition) is 4. The van der Waals surface area contributed by atoms with Gasteiger partial charge in [0, 0.05) is 32.1 Å². The molecule has 4 N–H and O–H groups in total. The van der Waals surface area contributed by atoms with Gasteiger partial charge in [0.1, 0.15) is 18.3 Å². The molecule has 0 spiro atoms. The first kappa shape index (κ1) is 36.6. The van der Waals surface area contributed by atoms with E-state index in [0.717, 1.165) is 0 Å². The van der Waals surface area contributed by atoms with Crippen LogP contribution in [0.5, 0.6) is 5.88 Å². The number of alkyl halides is 1. The van der Waals surface area contributed by atoms with Crippen LogP contribution in [0.25, 0.3) is 5.69 Å². The number of benzene rings is 1. The molecule has 18 heteroatoms. The number of halogens is 1. The monoisotopic (exact) mass is 689 g/mol. The molecule has 17 nitrogen and oxygen atoms in total. The van der Waals surface area contributed by atoms with Crippen molar-refractivity contribution in [2.24, 2.45) is 0 Å². The third kappa shape index (κ3) is 9.88. The Kier molecular flexibility index (Phi) is 12.9. The summed E-state index contributed by atoms with van der Waals surface area (Å²) in [4.78, 5) is 81.8. The van der Waals surface area contributed by atoms with Crippen LogP contribution in [0.2, 0.25) is 0 Å². The van der Waals surface area contributed by atoms with Gasteiger partial charge in [-0.15, -0.1) is 5.06 Å². The van der Waals surface area contributed by atoms with Gasteiger partial charge in [-0.05, 0) is 44.7 Å². The van der Waals surface area contributed by atoms with Crippen molar-refractivity contribution in [3.63, 3.8) is 0 Å². The SMILES string of the molecule is CCOC(=O)ON1CCN(C(=O)[C@H](CCC(=O)O)NC(=O)c2cc(OCC(=O)NC3(C(=O)NCCF)CCC3)n(-c3ccccc3)n2)CC1. The minimum Gasteiger partial charge on any atom is -0.481 e. The highest BCUT2D eigenvalue weighted by Crippen LogP contribution is 2.32. The number of nitrogens with zero attached hydrogens (tertiary/aromatic N) is 4. The first-order valence-corrected chi connectivity index (χ1v) is 15.9. The van der Waals surface area contributed by atoms with Crippen molar-refractivity contribution in [1.82, 2.24) is 35.7 Å². The van der Waals surface area contributed by atoms with Gasteiger partial charge in [-0.2, -0.15) is 5.10 Å². The van der Waals surface area contributed by atoms with Crippen LogP contribution in [0.3, 0.4) is 0 Å². The zero-order chi connectivity index (χ0) is 35.4. The van der Waals surface area contributed by atoms with Crippen LogP contribution in [0.15, 0.2) is 36.4 Å². The summed E-state index contributed by atoms with van der Waals surface area (Å²) in [6, 6.07) is 8.63. The Bertz CT molecular complexity index is 1490. The fraction of sp³-hybridized carbons (Fsp3) is 0.516. The van der Waals surface area contributed by atoms with Gasteiger partial charge in [0.2, 0.25) is 17.7 Å². The maximum atomic E-state index is 13.5. The molecule has 2 heterocycles. The summed E-state index contributed by atoms with van der Waals surface area (Å²) in [7, 11) is 0. The van der Waals surface area contributed by atoms with E-state index in [4.69, 9.17) is 14.3 Å². The molecular weight excluding hydrogens is 649 g/mol. The zero-order valence-electron chi connectivity index (χ0n) is 27.0. The van der Waals surface area contributed by atoms with Crippen molar-refractivity contribution in [2.45, 2.75) is 50.6 Å². The zero-order valence-corrected chi connectivity index (χ0v) is 27.0. The lowest BCUT2D eigenvalue weighted by Gasteiger charge is -2.40. The van der Waals surface area contributed by atoms with Crippen LogP contribution in [0, 0.1) is 0 Å². The predicted octanol–water partition coefficient (Wildman–Crippen LogP) is 0.571. The minimum atomic E-state index is -1.22. The van der Waals surface area contributed by atoms with Gasteiger partial charge in [0.15, 0.2) is 12.3 Å². The molecule has 266 valence electrons. The number of carbonyl (C=O) groups excluding carboxylic acids is 5. The first-order valence-electron chi connectivity index (χ1n) is 15.9. The number of aromatic nitrogens is 2. The van der Waals surface area contributed by atoms with Crippen LogP contribution >= 0.6 is 0 Å². The Morgan fingerprint density at radius 2 is 1.78 bits per heavy atom. The Balaban J connectivity index is 1.45.